The lowest BCUT2D eigenvalue weighted by molar-refractivity contribution is -0.137. The first-order chi connectivity index (χ1) is 15.0. The minimum atomic E-state index is -4.85. The van der Waals surface area contributed by atoms with Gasteiger partial charge in [-0.2, -0.15) is 23.0 Å². The Labute approximate surface area is 180 Å². The van der Waals surface area contributed by atoms with Crippen molar-refractivity contribution in [2.24, 2.45) is 0 Å². The van der Waals surface area contributed by atoms with E-state index in [1.807, 2.05) is 0 Å². The number of rotatable bonds is 3. The number of alkyl halides is 3. The normalized spacial score (nSPS) is 14.9. The van der Waals surface area contributed by atoms with E-state index in [0.29, 0.717) is 17.1 Å². The number of hydrogen-bond donors (Lipinski definition) is 2. The summed E-state index contributed by atoms with van der Waals surface area (Å²) in [6, 6.07) is 10.1. The maximum Gasteiger partial charge on any atom is 0.492 e. The molecule has 4 rings (SSSR count). The average Bonchev–Trinajstić information content (AvgIpc) is 2.95. The first-order valence-electron chi connectivity index (χ1n) is 9.55. The van der Waals surface area contributed by atoms with Gasteiger partial charge in [-0.3, -0.25) is 9.59 Å². The predicted octanol–water partition coefficient (Wildman–Crippen LogP) is 2.46. The van der Waals surface area contributed by atoms with Crippen LogP contribution in [0.5, 0.6) is 0 Å². The summed E-state index contributed by atoms with van der Waals surface area (Å²) < 4.78 is 47.4. The molecule has 0 atom stereocenters. The summed E-state index contributed by atoms with van der Waals surface area (Å²) in [6.07, 6.45) is -3.59. The molecule has 2 aromatic carbocycles. The van der Waals surface area contributed by atoms with E-state index in [-0.39, 0.29) is 11.4 Å². The van der Waals surface area contributed by atoms with Gasteiger partial charge in [0.15, 0.2) is 0 Å². The van der Waals surface area contributed by atoms with E-state index >= 15 is 0 Å². The molecular weight excluding hydrogens is 426 g/mol. The van der Waals surface area contributed by atoms with Crippen molar-refractivity contribution in [3.05, 3.63) is 81.8 Å². The van der Waals surface area contributed by atoms with Gasteiger partial charge in [-0.05, 0) is 61.3 Å². The van der Waals surface area contributed by atoms with Crippen molar-refractivity contribution in [2.45, 2.75) is 25.6 Å². The van der Waals surface area contributed by atoms with Crippen LogP contribution in [0.25, 0.3) is 5.69 Å². The number of aromatic nitrogens is 2. The van der Waals surface area contributed by atoms with Crippen molar-refractivity contribution in [3.63, 3.8) is 0 Å². The van der Waals surface area contributed by atoms with Gasteiger partial charge in [-0.25, -0.2) is 0 Å². The lowest BCUT2D eigenvalue weighted by atomic mass is 9.78. The molecule has 0 spiro atoms. The summed E-state index contributed by atoms with van der Waals surface area (Å²) in [6.45, 7) is 3.54. The second kappa shape index (κ2) is 7.61. The molecule has 3 aromatic rings. The Kier molecular flexibility index (Phi) is 5.18. The van der Waals surface area contributed by atoms with Crippen molar-refractivity contribution in [3.8, 4) is 5.69 Å². The van der Waals surface area contributed by atoms with Gasteiger partial charge < -0.3 is 15.0 Å². The van der Waals surface area contributed by atoms with E-state index < -0.39 is 41.5 Å². The van der Waals surface area contributed by atoms with Gasteiger partial charge in [-0.1, -0.05) is 6.07 Å². The zero-order valence-corrected chi connectivity index (χ0v) is 17.0. The molecule has 1 aliphatic rings. The Hall–Kier alpha value is -3.44. The second-order valence-corrected chi connectivity index (χ2v) is 7.74. The molecule has 1 aromatic heterocycles. The number of carbonyl (C=O) groups is 1. The lowest BCUT2D eigenvalue weighted by Crippen LogP contribution is -2.29. The third-order valence-corrected chi connectivity index (χ3v) is 5.14. The predicted molar refractivity (Wildman–Crippen MR) is 111 cm³/mol. The molecule has 0 bridgehead atoms. The number of fused-ring (bicyclic) bond motifs is 1. The number of benzene rings is 2. The van der Waals surface area contributed by atoms with Crippen LogP contribution in [0.15, 0.2) is 59.5 Å². The van der Waals surface area contributed by atoms with Crippen molar-refractivity contribution in [2.75, 3.05) is 5.32 Å². The zero-order chi connectivity index (χ0) is 23.3. The van der Waals surface area contributed by atoms with Crippen LogP contribution in [0.3, 0.4) is 0 Å². The number of anilines is 1. The largest absolute Gasteiger partial charge is 0.492 e. The van der Waals surface area contributed by atoms with Gasteiger partial charge in [-0.15, -0.1) is 0 Å². The fourth-order valence-electron chi connectivity index (χ4n) is 3.65. The monoisotopic (exact) mass is 443 g/mol. The Morgan fingerprint density at radius 3 is 2.62 bits per heavy atom. The van der Waals surface area contributed by atoms with Crippen molar-refractivity contribution in [1.29, 1.82) is 0 Å². The van der Waals surface area contributed by atoms with E-state index in [9.17, 15) is 27.8 Å². The average molecular weight is 443 g/mol. The van der Waals surface area contributed by atoms with E-state index in [1.165, 1.54) is 30.5 Å². The van der Waals surface area contributed by atoms with Crippen LogP contribution in [0, 0.1) is 0 Å². The van der Waals surface area contributed by atoms with Crippen molar-refractivity contribution >= 4 is 24.2 Å². The number of carbonyl (C=O) groups excluding carboxylic acids is 1. The molecule has 11 heteroatoms. The highest BCUT2D eigenvalue weighted by Crippen LogP contribution is 2.34. The summed E-state index contributed by atoms with van der Waals surface area (Å²) in [5, 5.41) is 16.3. The Morgan fingerprint density at radius 1 is 1.19 bits per heavy atom. The van der Waals surface area contributed by atoms with Gasteiger partial charge >= 0.3 is 13.3 Å². The minimum Gasteiger partial charge on any atom is -0.423 e. The van der Waals surface area contributed by atoms with Crippen LogP contribution in [0.1, 0.15) is 35.3 Å². The van der Waals surface area contributed by atoms with Gasteiger partial charge in [0.1, 0.15) is 0 Å². The van der Waals surface area contributed by atoms with Crippen LogP contribution in [0.4, 0.5) is 18.9 Å². The summed E-state index contributed by atoms with van der Waals surface area (Å²) in [5.41, 5.74) is -1.97. The zero-order valence-electron chi connectivity index (χ0n) is 17.0. The standard InChI is InChI=1S/C21H17BF3N3O4/c1-20(2)15-8-5-12(10-17(15)22(31)32-20)27-19(30)14-7-6-13(11-16(14)21(23,24)25)28-18(29)4-3-9-26-28/h3-11,31H,1-2H3,(H,27,30). The summed E-state index contributed by atoms with van der Waals surface area (Å²) in [5.74, 6) is -0.996. The minimum absolute atomic E-state index is 0.125. The van der Waals surface area contributed by atoms with Crippen LogP contribution in [-0.2, 0) is 16.4 Å². The van der Waals surface area contributed by atoms with Gasteiger partial charge in [0.05, 0.1) is 22.4 Å². The maximum absolute atomic E-state index is 13.7. The number of halogens is 3. The SMILES string of the molecule is CC1(C)OB(O)c2cc(NC(=O)c3ccc(-n4ncccc4=O)cc3C(F)(F)F)ccc21. The molecule has 0 unspecified atom stereocenters. The first kappa shape index (κ1) is 21.8. The molecule has 7 nitrogen and oxygen atoms in total. The van der Waals surface area contributed by atoms with Gasteiger partial charge in [0.25, 0.3) is 11.5 Å². The molecular formula is C21H17BF3N3O4. The molecule has 32 heavy (non-hydrogen) atoms. The quantitative estimate of drug-likeness (QED) is 0.607. The summed E-state index contributed by atoms with van der Waals surface area (Å²) >= 11 is 0. The highest BCUT2D eigenvalue weighted by atomic mass is 19.4. The molecule has 164 valence electrons. The molecule has 0 saturated carbocycles. The van der Waals surface area contributed by atoms with E-state index in [0.717, 1.165) is 16.8 Å². The molecule has 2 N–H and O–H groups in total. The van der Waals surface area contributed by atoms with E-state index in [4.69, 9.17) is 4.65 Å². The Morgan fingerprint density at radius 2 is 1.94 bits per heavy atom. The molecule has 1 aliphatic heterocycles. The molecule has 2 heterocycles. The third-order valence-electron chi connectivity index (χ3n) is 5.14. The second-order valence-electron chi connectivity index (χ2n) is 7.74. The number of hydrogen-bond acceptors (Lipinski definition) is 5. The number of nitrogens with zero attached hydrogens (tertiary/aromatic N) is 2. The van der Waals surface area contributed by atoms with E-state index in [2.05, 4.69) is 10.4 Å². The molecule has 0 saturated heterocycles. The highest BCUT2D eigenvalue weighted by molar-refractivity contribution is 6.62. The Balaban J connectivity index is 1.69. The molecule has 0 radical (unpaired) electrons. The van der Waals surface area contributed by atoms with Crippen LogP contribution < -0.4 is 16.3 Å². The topological polar surface area (TPSA) is 93.4 Å². The molecule has 1 amide bonds. The number of nitrogens with one attached hydrogen (secondary N) is 1. The van der Waals surface area contributed by atoms with Crippen LogP contribution in [-0.4, -0.2) is 27.8 Å². The van der Waals surface area contributed by atoms with Crippen LogP contribution >= 0.6 is 0 Å². The first-order valence-corrected chi connectivity index (χ1v) is 9.55. The fourth-order valence-corrected chi connectivity index (χ4v) is 3.65. The molecule has 0 aliphatic carbocycles. The third kappa shape index (κ3) is 3.92. The molecule has 0 fully saturated rings. The lowest BCUT2D eigenvalue weighted by Gasteiger charge is -2.19. The highest BCUT2D eigenvalue weighted by Gasteiger charge is 2.41. The summed E-state index contributed by atoms with van der Waals surface area (Å²) in [4.78, 5) is 24.6. The number of amides is 1. The van der Waals surface area contributed by atoms with Crippen molar-refractivity contribution in [1.82, 2.24) is 9.78 Å². The maximum atomic E-state index is 13.7. The smallest absolute Gasteiger partial charge is 0.423 e. The van der Waals surface area contributed by atoms with E-state index in [1.54, 1.807) is 19.9 Å². The Bertz CT molecular complexity index is 1270. The van der Waals surface area contributed by atoms with Crippen molar-refractivity contribution < 1.29 is 27.6 Å². The van der Waals surface area contributed by atoms with Gasteiger partial charge in [0.2, 0.25) is 0 Å². The van der Waals surface area contributed by atoms with Gasteiger partial charge in [0, 0.05) is 18.0 Å². The fraction of sp³-hybridized carbons (Fsp3) is 0.190. The summed E-state index contributed by atoms with van der Waals surface area (Å²) in [7, 11) is -1.21. The van der Waals surface area contributed by atoms with Crippen LogP contribution in [0.2, 0.25) is 0 Å².